The predicted molar refractivity (Wildman–Crippen MR) is 169 cm³/mol. The standard InChI is InChI=1S/C35H68O4/c1-5-6-7-8-9-10-11-12-13-14-15-16-18-22-29-39-35(34(37)31-36)26-20-17-19-21-28-38-30-27-33(4)25-23-24-32(2)3/h24,27,34-37H,5-23,25-26,28-31H2,1-4H3/b33-27+. The van der Waals surface area contributed by atoms with Crippen LogP contribution in [0.4, 0.5) is 0 Å². The third kappa shape index (κ3) is 28.6. The van der Waals surface area contributed by atoms with Crippen LogP contribution in [0.15, 0.2) is 23.3 Å². The average Bonchev–Trinajstić information content (AvgIpc) is 2.92. The molecule has 0 aromatic heterocycles. The van der Waals surface area contributed by atoms with Gasteiger partial charge in [0.15, 0.2) is 0 Å². The smallest absolute Gasteiger partial charge is 0.103 e. The molecule has 0 aliphatic heterocycles. The first-order chi connectivity index (χ1) is 19.0. The lowest BCUT2D eigenvalue weighted by Gasteiger charge is -2.22. The van der Waals surface area contributed by atoms with Crippen molar-refractivity contribution in [1.29, 1.82) is 0 Å². The molecule has 2 unspecified atom stereocenters. The van der Waals surface area contributed by atoms with Gasteiger partial charge in [0.25, 0.3) is 0 Å². The SMILES string of the molecule is CCCCCCCCCCCCCCCCOC(CCCCCCOC/C=C(\C)CCC=C(C)C)C(O)CO. The maximum Gasteiger partial charge on any atom is 0.103 e. The highest BCUT2D eigenvalue weighted by Gasteiger charge is 2.18. The topological polar surface area (TPSA) is 58.9 Å². The number of ether oxygens (including phenoxy) is 2. The van der Waals surface area contributed by atoms with E-state index in [4.69, 9.17) is 9.47 Å². The molecule has 2 N–H and O–H groups in total. The van der Waals surface area contributed by atoms with Gasteiger partial charge in [0.1, 0.15) is 6.10 Å². The molecule has 0 radical (unpaired) electrons. The first-order valence-corrected chi connectivity index (χ1v) is 16.8. The summed E-state index contributed by atoms with van der Waals surface area (Å²) >= 11 is 0. The minimum atomic E-state index is -0.772. The number of aliphatic hydroxyl groups is 2. The summed E-state index contributed by atoms with van der Waals surface area (Å²) < 4.78 is 11.7. The Balaban J connectivity index is 3.64. The number of allylic oxidation sites excluding steroid dienone is 3. The maximum absolute atomic E-state index is 10.2. The van der Waals surface area contributed by atoms with Gasteiger partial charge in [-0.15, -0.1) is 0 Å². The molecule has 4 nitrogen and oxygen atoms in total. The normalized spacial score (nSPS) is 13.5. The Bertz CT molecular complexity index is 553. The highest BCUT2D eigenvalue weighted by atomic mass is 16.5. The highest BCUT2D eigenvalue weighted by Crippen LogP contribution is 2.15. The largest absolute Gasteiger partial charge is 0.394 e. The minimum absolute atomic E-state index is 0.224. The highest BCUT2D eigenvalue weighted by molar-refractivity contribution is 5.02. The molecule has 0 rings (SSSR count). The van der Waals surface area contributed by atoms with Gasteiger partial charge in [-0.2, -0.15) is 0 Å². The zero-order valence-corrected chi connectivity index (χ0v) is 26.7. The second-order valence-electron chi connectivity index (χ2n) is 11.9. The zero-order chi connectivity index (χ0) is 28.8. The van der Waals surface area contributed by atoms with E-state index in [9.17, 15) is 10.2 Å². The summed E-state index contributed by atoms with van der Waals surface area (Å²) in [5.41, 5.74) is 2.78. The molecule has 2 atom stereocenters. The van der Waals surface area contributed by atoms with Gasteiger partial charge in [0, 0.05) is 13.2 Å². The average molecular weight is 553 g/mol. The van der Waals surface area contributed by atoms with Gasteiger partial charge in [0.2, 0.25) is 0 Å². The van der Waals surface area contributed by atoms with Gasteiger partial charge in [0.05, 0.1) is 19.3 Å². The van der Waals surface area contributed by atoms with E-state index in [1.54, 1.807) is 0 Å². The lowest BCUT2D eigenvalue weighted by Crippen LogP contribution is -2.32. The monoisotopic (exact) mass is 553 g/mol. The van der Waals surface area contributed by atoms with Gasteiger partial charge >= 0.3 is 0 Å². The van der Waals surface area contributed by atoms with E-state index in [1.165, 1.54) is 94.6 Å². The van der Waals surface area contributed by atoms with Crippen LogP contribution in [0.1, 0.15) is 163 Å². The van der Waals surface area contributed by atoms with Crippen molar-refractivity contribution in [2.24, 2.45) is 0 Å². The van der Waals surface area contributed by atoms with Crippen molar-refractivity contribution in [2.45, 2.75) is 175 Å². The minimum Gasteiger partial charge on any atom is -0.394 e. The second kappa shape index (κ2) is 30.3. The van der Waals surface area contributed by atoms with E-state index in [-0.39, 0.29) is 12.7 Å². The van der Waals surface area contributed by atoms with E-state index in [2.05, 4.69) is 39.8 Å². The van der Waals surface area contributed by atoms with Crippen molar-refractivity contribution in [3.8, 4) is 0 Å². The second-order valence-corrected chi connectivity index (χ2v) is 11.9. The predicted octanol–water partition coefficient (Wildman–Crippen LogP) is 9.87. The Kier molecular flexibility index (Phi) is 29.8. The molecule has 0 spiro atoms. The molecule has 232 valence electrons. The van der Waals surface area contributed by atoms with Gasteiger partial charge in [-0.05, 0) is 52.9 Å². The van der Waals surface area contributed by atoms with Crippen LogP contribution in [0.25, 0.3) is 0 Å². The molecule has 0 aromatic rings. The van der Waals surface area contributed by atoms with Crippen molar-refractivity contribution in [1.82, 2.24) is 0 Å². The molecule has 0 aromatic carbocycles. The van der Waals surface area contributed by atoms with E-state index in [0.29, 0.717) is 13.2 Å². The molecule has 0 fully saturated rings. The van der Waals surface area contributed by atoms with E-state index in [0.717, 1.165) is 58.0 Å². The number of aliphatic hydroxyl groups excluding tert-OH is 2. The van der Waals surface area contributed by atoms with Crippen LogP contribution in [-0.2, 0) is 9.47 Å². The summed E-state index contributed by atoms with van der Waals surface area (Å²) in [6.45, 7) is 10.7. The van der Waals surface area contributed by atoms with Crippen molar-refractivity contribution in [2.75, 3.05) is 26.4 Å². The van der Waals surface area contributed by atoms with E-state index < -0.39 is 6.10 Å². The van der Waals surface area contributed by atoms with E-state index in [1.807, 2.05) is 0 Å². The molecule has 0 heterocycles. The Morgan fingerprint density at radius 1 is 0.667 bits per heavy atom. The van der Waals surface area contributed by atoms with Crippen molar-refractivity contribution >= 4 is 0 Å². The van der Waals surface area contributed by atoms with Crippen molar-refractivity contribution in [3.63, 3.8) is 0 Å². The molecule has 0 bridgehead atoms. The summed E-state index contributed by atoms with van der Waals surface area (Å²) in [7, 11) is 0. The number of hydrogen-bond acceptors (Lipinski definition) is 4. The molecular formula is C35H68O4. The zero-order valence-electron chi connectivity index (χ0n) is 26.7. The molecule has 39 heavy (non-hydrogen) atoms. The maximum atomic E-state index is 10.2. The summed E-state index contributed by atoms with van der Waals surface area (Å²) in [6.07, 6.45) is 29.7. The van der Waals surface area contributed by atoms with Crippen LogP contribution in [0, 0.1) is 0 Å². The van der Waals surface area contributed by atoms with Gasteiger partial charge in [-0.1, -0.05) is 133 Å². The molecular weight excluding hydrogens is 484 g/mol. The molecule has 0 aliphatic carbocycles. The molecule has 0 saturated heterocycles. The number of rotatable bonds is 30. The number of hydrogen-bond donors (Lipinski definition) is 2. The van der Waals surface area contributed by atoms with E-state index >= 15 is 0 Å². The third-order valence-electron chi connectivity index (χ3n) is 7.61. The van der Waals surface area contributed by atoms with Gasteiger partial charge in [-0.3, -0.25) is 0 Å². The Labute approximate surface area is 244 Å². The summed E-state index contributed by atoms with van der Waals surface area (Å²) in [5.74, 6) is 0. The van der Waals surface area contributed by atoms with Crippen LogP contribution >= 0.6 is 0 Å². The van der Waals surface area contributed by atoms with Gasteiger partial charge in [-0.25, -0.2) is 0 Å². The lowest BCUT2D eigenvalue weighted by atomic mass is 10.0. The lowest BCUT2D eigenvalue weighted by molar-refractivity contribution is -0.0630. The fourth-order valence-corrected chi connectivity index (χ4v) is 4.91. The fraction of sp³-hybridized carbons (Fsp3) is 0.886. The Morgan fingerprint density at radius 3 is 1.72 bits per heavy atom. The van der Waals surface area contributed by atoms with Gasteiger partial charge < -0.3 is 19.7 Å². The van der Waals surface area contributed by atoms with Crippen LogP contribution < -0.4 is 0 Å². The van der Waals surface area contributed by atoms with Crippen LogP contribution in [0.3, 0.4) is 0 Å². The first-order valence-electron chi connectivity index (χ1n) is 16.8. The van der Waals surface area contributed by atoms with Crippen molar-refractivity contribution < 1.29 is 19.7 Å². The first kappa shape index (κ1) is 38.3. The number of unbranched alkanes of at least 4 members (excludes halogenated alkanes) is 16. The van der Waals surface area contributed by atoms with Crippen LogP contribution in [-0.4, -0.2) is 48.8 Å². The molecule has 0 aliphatic rings. The fourth-order valence-electron chi connectivity index (χ4n) is 4.91. The molecule has 4 heteroatoms. The van der Waals surface area contributed by atoms with Crippen LogP contribution in [0.2, 0.25) is 0 Å². The molecule has 0 amide bonds. The summed E-state index contributed by atoms with van der Waals surface area (Å²) in [6, 6.07) is 0. The van der Waals surface area contributed by atoms with Crippen molar-refractivity contribution in [3.05, 3.63) is 23.3 Å². The Hall–Kier alpha value is -0.680. The Morgan fingerprint density at radius 2 is 1.18 bits per heavy atom. The quantitative estimate of drug-likeness (QED) is 0.0687. The summed E-state index contributed by atoms with van der Waals surface area (Å²) in [5, 5.41) is 19.6. The van der Waals surface area contributed by atoms with Crippen LogP contribution in [0.5, 0.6) is 0 Å². The molecule has 0 saturated carbocycles. The summed E-state index contributed by atoms with van der Waals surface area (Å²) in [4.78, 5) is 0. The third-order valence-corrected chi connectivity index (χ3v) is 7.61.